The van der Waals surface area contributed by atoms with Crippen LogP contribution in [-0.2, 0) is 0 Å². The highest BCUT2D eigenvalue weighted by Crippen LogP contribution is 2.27. The van der Waals surface area contributed by atoms with Crippen molar-refractivity contribution in [2.45, 2.75) is 6.92 Å². The van der Waals surface area contributed by atoms with Crippen molar-refractivity contribution >= 4 is 23.2 Å². The van der Waals surface area contributed by atoms with Crippen LogP contribution >= 0.6 is 0 Å². The Bertz CT molecular complexity index is 917. The van der Waals surface area contributed by atoms with Gasteiger partial charge in [0.25, 0.3) is 11.8 Å². The number of nitrogens with one attached hydrogen (secondary N) is 2. The molecule has 1 aromatic heterocycles. The third kappa shape index (κ3) is 3.69. The van der Waals surface area contributed by atoms with Crippen molar-refractivity contribution in [2.75, 3.05) is 10.6 Å². The molecule has 0 bridgehead atoms. The van der Waals surface area contributed by atoms with Gasteiger partial charge in [-0.25, -0.2) is 0 Å². The van der Waals surface area contributed by atoms with Crippen molar-refractivity contribution in [3.05, 3.63) is 77.7 Å². The van der Waals surface area contributed by atoms with E-state index in [9.17, 15) is 14.7 Å². The van der Waals surface area contributed by atoms with Gasteiger partial charge in [0.05, 0.1) is 12.0 Å². The Hall–Kier alpha value is -3.54. The molecule has 2 aromatic carbocycles. The minimum atomic E-state index is -0.430. The number of carbonyl (C=O) groups excluding carboxylic acids is 2. The van der Waals surface area contributed by atoms with Crippen LogP contribution in [0.5, 0.6) is 5.75 Å². The molecule has 0 aliphatic heterocycles. The van der Waals surface area contributed by atoms with Gasteiger partial charge >= 0.3 is 0 Å². The molecule has 3 rings (SSSR count). The van der Waals surface area contributed by atoms with Crippen LogP contribution in [0.15, 0.2) is 65.3 Å². The van der Waals surface area contributed by atoms with Crippen LogP contribution in [0.1, 0.15) is 26.5 Å². The summed E-state index contributed by atoms with van der Waals surface area (Å²) in [5, 5.41) is 15.4. The van der Waals surface area contributed by atoms with Gasteiger partial charge in [0.1, 0.15) is 5.75 Å². The Balaban J connectivity index is 1.73. The molecule has 0 fully saturated rings. The summed E-state index contributed by atoms with van der Waals surface area (Å²) >= 11 is 0. The monoisotopic (exact) mass is 336 g/mol. The number of rotatable bonds is 4. The molecule has 25 heavy (non-hydrogen) atoms. The number of hydrogen-bond acceptors (Lipinski definition) is 4. The Kier molecular flexibility index (Phi) is 4.52. The quantitative estimate of drug-likeness (QED) is 0.632. The first kappa shape index (κ1) is 16.3. The lowest BCUT2D eigenvalue weighted by molar-refractivity contribution is 0.0994. The number of amides is 2. The standard InChI is InChI=1S/C19H16N2O4/c1-12-5-2-3-6-14(12)18(23)21-15-9-8-13(11-16(15)22)20-19(24)17-7-4-10-25-17/h2-11,22H,1H3,(H,20,24)(H,21,23). The summed E-state index contributed by atoms with van der Waals surface area (Å²) in [5.74, 6) is -0.738. The normalized spacial score (nSPS) is 10.3. The third-order valence-corrected chi connectivity index (χ3v) is 3.64. The number of aryl methyl sites for hydroxylation is 1. The highest BCUT2D eigenvalue weighted by molar-refractivity contribution is 6.06. The summed E-state index contributed by atoms with van der Waals surface area (Å²) in [7, 11) is 0. The highest BCUT2D eigenvalue weighted by Gasteiger charge is 2.13. The second kappa shape index (κ2) is 6.92. The Morgan fingerprint density at radius 2 is 1.76 bits per heavy atom. The summed E-state index contributed by atoms with van der Waals surface area (Å²) in [6.07, 6.45) is 1.40. The second-order valence-electron chi connectivity index (χ2n) is 5.43. The molecule has 0 aliphatic carbocycles. The topological polar surface area (TPSA) is 91.6 Å². The molecule has 0 saturated heterocycles. The molecule has 0 unspecified atom stereocenters. The average molecular weight is 336 g/mol. The van der Waals surface area contributed by atoms with Gasteiger partial charge in [-0.1, -0.05) is 18.2 Å². The van der Waals surface area contributed by atoms with Crippen molar-refractivity contribution in [3.63, 3.8) is 0 Å². The summed E-state index contributed by atoms with van der Waals surface area (Å²) < 4.78 is 5.00. The maximum Gasteiger partial charge on any atom is 0.291 e. The van der Waals surface area contributed by atoms with E-state index in [-0.39, 0.29) is 23.1 Å². The first-order chi connectivity index (χ1) is 12.0. The van der Waals surface area contributed by atoms with Crippen LogP contribution < -0.4 is 10.6 Å². The van der Waals surface area contributed by atoms with E-state index in [2.05, 4.69) is 10.6 Å². The third-order valence-electron chi connectivity index (χ3n) is 3.64. The second-order valence-corrected chi connectivity index (χ2v) is 5.43. The zero-order chi connectivity index (χ0) is 17.8. The van der Waals surface area contributed by atoms with Crippen LogP contribution in [-0.4, -0.2) is 16.9 Å². The lowest BCUT2D eigenvalue weighted by Gasteiger charge is -2.11. The van der Waals surface area contributed by atoms with Gasteiger partial charge in [-0.15, -0.1) is 0 Å². The van der Waals surface area contributed by atoms with Gasteiger partial charge < -0.3 is 20.2 Å². The number of carbonyl (C=O) groups is 2. The number of phenols is 1. The summed E-state index contributed by atoms with van der Waals surface area (Å²) in [6.45, 7) is 1.84. The molecule has 1 heterocycles. The van der Waals surface area contributed by atoms with Gasteiger partial charge in [0.15, 0.2) is 5.76 Å². The summed E-state index contributed by atoms with van der Waals surface area (Å²) in [5.41, 5.74) is 2.00. The molecule has 0 saturated carbocycles. The van der Waals surface area contributed by atoms with Crippen LogP contribution in [0.3, 0.4) is 0 Å². The number of phenolic OH excluding ortho intramolecular Hbond substituents is 1. The van der Waals surface area contributed by atoms with Crippen LogP contribution in [0.25, 0.3) is 0 Å². The van der Waals surface area contributed by atoms with E-state index in [1.807, 2.05) is 19.1 Å². The minimum absolute atomic E-state index is 0.154. The SMILES string of the molecule is Cc1ccccc1C(=O)Nc1ccc(NC(=O)c2ccco2)cc1O. The molecule has 2 amide bonds. The molecule has 0 spiro atoms. The number of benzene rings is 2. The fourth-order valence-electron chi connectivity index (χ4n) is 2.33. The predicted octanol–water partition coefficient (Wildman–Crippen LogP) is 3.80. The smallest absolute Gasteiger partial charge is 0.291 e. The fourth-order valence-corrected chi connectivity index (χ4v) is 2.33. The van der Waals surface area contributed by atoms with E-state index in [4.69, 9.17) is 4.42 Å². The van der Waals surface area contributed by atoms with Crippen LogP contribution in [0.2, 0.25) is 0 Å². The predicted molar refractivity (Wildman–Crippen MR) is 93.9 cm³/mol. The van der Waals surface area contributed by atoms with Gasteiger partial charge in [-0.3, -0.25) is 9.59 Å². The number of hydrogen-bond donors (Lipinski definition) is 3. The number of aromatic hydroxyl groups is 1. The fraction of sp³-hybridized carbons (Fsp3) is 0.0526. The average Bonchev–Trinajstić information content (AvgIpc) is 3.12. The minimum Gasteiger partial charge on any atom is -0.506 e. The zero-order valence-corrected chi connectivity index (χ0v) is 13.4. The van der Waals surface area contributed by atoms with Crippen molar-refractivity contribution < 1.29 is 19.1 Å². The molecule has 126 valence electrons. The highest BCUT2D eigenvalue weighted by atomic mass is 16.3. The molecular weight excluding hydrogens is 320 g/mol. The Morgan fingerprint density at radius 1 is 0.960 bits per heavy atom. The molecule has 6 nitrogen and oxygen atoms in total. The van der Waals surface area contributed by atoms with E-state index in [0.717, 1.165) is 5.56 Å². The van der Waals surface area contributed by atoms with Gasteiger partial charge in [0.2, 0.25) is 0 Å². The van der Waals surface area contributed by atoms with Crippen molar-refractivity contribution in [1.82, 2.24) is 0 Å². The van der Waals surface area contributed by atoms with E-state index in [1.54, 1.807) is 24.3 Å². The molecule has 0 atom stereocenters. The van der Waals surface area contributed by atoms with Crippen molar-refractivity contribution in [3.8, 4) is 5.75 Å². The van der Waals surface area contributed by atoms with E-state index in [1.165, 1.54) is 24.5 Å². The Labute approximate surface area is 144 Å². The van der Waals surface area contributed by atoms with E-state index in [0.29, 0.717) is 11.3 Å². The van der Waals surface area contributed by atoms with Gasteiger partial charge in [0, 0.05) is 17.3 Å². The van der Waals surface area contributed by atoms with Crippen LogP contribution in [0.4, 0.5) is 11.4 Å². The molecule has 0 radical (unpaired) electrons. The largest absolute Gasteiger partial charge is 0.506 e. The van der Waals surface area contributed by atoms with Crippen molar-refractivity contribution in [2.24, 2.45) is 0 Å². The van der Waals surface area contributed by atoms with Crippen LogP contribution in [0, 0.1) is 6.92 Å². The van der Waals surface area contributed by atoms with Gasteiger partial charge in [-0.2, -0.15) is 0 Å². The molecule has 6 heteroatoms. The molecule has 3 N–H and O–H groups in total. The first-order valence-electron chi connectivity index (χ1n) is 7.59. The lowest BCUT2D eigenvalue weighted by Crippen LogP contribution is -2.14. The first-order valence-corrected chi connectivity index (χ1v) is 7.59. The maximum atomic E-state index is 12.3. The molecule has 3 aromatic rings. The summed E-state index contributed by atoms with van der Waals surface area (Å²) in [4.78, 5) is 24.2. The maximum absolute atomic E-state index is 12.3. The van der Waals surface area contributed by atoms with E-state index >= 15 is 0 Å². The molecular formula is C19H16N2O4. The lowest BCUT2D eigenvalue weighted by atomic mass is 10.1. The van der Waals surface area contributed by atoms with Gasteiger partial charge in [-0.05, 0) is 42.8 Å². The van der Waals surface area contributed by atoms with Crippen molar-refractivity contribution in [1.29, 1.82) is 0 Å². The molecule has 0 aliphatic rings. The van der Waals surface area contributed by atoms with E-state index < -0.39 is 5.91 Å². The zero-order valence-electron chi connectivity index (χ0n) is 13.4. The number of furan rings is 1. The summed E-state index contributed by atoms with van der Waals surface area (Å²) in [6, 6.07) is 14.8. The number of anilines is 2. The Morgan fingerprint density at radius 3 is 2.44 bits per heavy atom.